The lowest BCUT2D eigenvalue weighted by atomic mass is 10.1. The molecule has 1 atom stereocenters. The number of thiophene rings is 1. The first kappa shape index (κ1) is 14.0. The molecule has 3 nitrogen and oxygen atoms in total. The van der Waals surface area contributed by atoms with Crippen molar-refractivity contribution in [3.8, 4) is 0 Å². The second-order valence-electron chi connectivity index (χ2n) is 4.95. The van der Waals surface area contributed by atoms with Gasteiger partial charge in [0.1, 0.15) is 6.04 Å². The molecule has 1 aromatic heterocycles. The van der Waals surface area contributed by atoms with E-state index in [2.05, 4.69) is 25.2 Å². The molecule has 0 aliphatic carbocycles. The number of esters is 1. The summed E-state index contributed by atoms with van der Waals surface area (Å²) in [6.45, 7) is 5.02. The van der Waals surface area contributed by atoms with Crippen LogP contribution in [0.25, 0.3) is 10.1 Å². The highest BCUT2D eigenvalue weighted by Crippen LogP contribution is 2.30. The quantitative estimate of drug-likeness (QED) is 0.852. The van der Waals surface area contributed by atoms with Gasteiger partial charge in [0, 0.05) is 4.70 Å². The highest BCUT2D eigenvalue weighted by molar-refractivity contribution is 7.17. The van der Waals surface area contributed by atoms with E-state index in [4.69, 9.17) is 4.74 Å². The molecule has 0 bridgehead atoms. The van der Waals surface area contributed by atoms with Crippen molar-refractivity contribution in [2.24, 2.45) is 5.92 Å². The van der Waals surface area contributed by atoms with Crippen molar-refractivity contribution in [1.29, 1.82) is 0 Å². The van der Waals surface area contributed by atoms with Crippen molar-refractivity contribution in [2.45, 2.75) is 19.9 Å². The molecule has 2 aromatic rings. The van der Waals surface area contributed by atoms with Crippen LogP contribution in [0.5, 0.6) is 0 Å². The van der Waals surface area contributed by atoms with Crippen molar-refractivity contribution in [3.05, 3.63) is 35.2 Å². The average Bonchev–Trinajstić information content (AvgIpc) is 2.82. The van der Waals surface area contributed by atoms with Crippen LogP contribution in [0.15, 0.2) is 29.6 Å². The number of hydrogen-bond donors (Lipinski definition) is 1. The number of benzene rings is 1. The second-order valence-corrected chi connectivity index (χ2v) is 5.86. The average molecular weight is 277 g/mol. The third-order valence-electron chi connectivity index (χ3n) is 2.99. The van der Waals surface area contributed by atoms with E-state index in [0.29, 0.717) is 5.92 Å². The molecule has 0 fully saturated rings. The van der Waals surface area contributed by atoms with E-state index >= 15 is 0 Å². The number of nitrogens with one attached hydrogen (secondary N) is 1. The summed E-state index contributed by atoms with van der Waals surface area (Å²) in [7, 11) is 1.43. The van der Waals surface area contributed by atoms with Crippen molar-refractivity contribution in [1.82, 2.24) is 5.32 Å². The fourth-order valence-corrected chi connectivity index (χ4v) is 3.00. The summed E-state index contributed by atoms with van der Waals surface area (Å²) in [5.41, 5.74) is 1.01. The van der Waals surface area contributed by atoms with Crippen LogP contribution in [0, 0.1) is 5.92 Å². The molecule has 0 aliphatic rings. The number of ether oxygens (including phenoxy) is 1. The Bertz CT molecular complexity index is 562. The van der Waals surface area contributed by atoms with Crippen molar-refractivity contribution < 1.29 is 9.53 Å². The van der Waals surface area contributed by atoms with Crippen LogP contribution in [0.3, 0.4) is 0 Å². The third kappa shape index (κ3) is 3.14. The molecule has 4 heteroatoms. The van der Waals surface area contributed by atoms with Gasteiger partial charge in [0.25, 0.3) is 0 Å². The van der Waals surface area contributed by atoms with Gasteiger partial charge in [-0.15, -0.1) is 11.3 Å². The van der Waals surface area contributed by atoms with Crippen LogP contribution in [-0.4, -0.2) is 19.6 Å². The molecule has 1 heterocycles. The zero-order valence-electron chi connectivity index (χ0n) is 11.5. The second kappa shape index (κ2) is 6.17. The standard InChI is InChI=1S/C15H19NO2S/c1-10(2)8-16-14(15(17)18-3)12-9-19-13-7-5-4-6-11(12)13/h4-7,9-10,14,16H,8H2,1-3H3. The van der Waals surface area contributed by atoms with Gasteiger partial charge in [0.2, 0.25) is 0 Å². The van der Waals surface area contributed by atoms with Crippen LogP contribution >= 0.6 is 11.3 Å². The number of rotatable bonds is 5. The summed E-state index contributed by atoms with van der Waals surface area (Å²) in [5, 5.41) is 6.46. The van der Waals surface area contributed by atoms with Gasteiger partial charge in [-0.3, -0.25) is 0 Å². The molecule has 0 aliphatic heterocycles. The van der Waals surface area contributed by atoms with Gasteiger partial charge in [-0.25, -0.2) is 4.79 Å². The SMILES string of the molecule is COC(=O)C(NCC(C)C)c1csc2ccccc12. The van der Waals surface area contributed by atoms with E-state index in [1.54, 1.807) is 11.3 Å². The predicted octanol–water partition coefficient (Wildman–Crippen LogP) is 3.36. The Morgan fingerprint density at radius 2 is 2.11 bits per heavy atom. The normalized spacial score (nSPS) is 12.8. The van der Waals surface area contributed by atoms with Crippen molar-refractivity contribution in [2.75, 3.05) is 13.7 Å². The molecule has 1 N–H and O–H groups in total. The van der Waals surface area contributed by atoms with Crippen LogP contribution < -0.4 is 5.32 Å². The molecule has 19 heavy (non-hydrogen) atoms. The van der Waals surface area contributed by atoms with Gasteiger partial charge in [-0.1, -0.05) is 32.0 Å². The molecule has 2 rings (SSSR count). The van der Waals surface area contributed by atoms with Gasteiger partial charge in [-0.05, 0) is 34.9 Å². The molecule has 0 saturated heterocycles. The number of hydrogen-bond acceptors (Lipinski definition) is 4. The first-order chi connectivity index (χ1) is 9.13. The maximum Gasteiger partial charge on any atom is 0.327 e. The highest BCUT2D eigenvalue weighted by atomic mass is 32.1. The number of methoxy groups -OCH3 is 1. The molecule has 0 spiro atoms. The van der Waals surface area contributed by atoms with Crippen molar-refractivity contribution in [3.63, 3.8) is 0 Å². The van der Waals surface area contributed by atoms with Gasteiger partial charge >= 0.3 is 5.97 Å². The first-order valence-electron chi connectivity index (χ1n) is 6.40. The minimum Gasteiger partial charge on any atom is -0.468 e. The van der Waals surface area contributed by atoms with Crippen molar-refractivity contribution >= 4 is 27.4 Å². The Hall–Kier alpha value is -1.39. The van der Waals surface area contributed by atoms with Crippen LogP contribution in [0.2, 0.25) is 0 Å². The molecule has 1 aromatic carbocycles. The van der Waals surface area contributed by atoms with E-state index in [9.17, 15) is 4.79 Å². The van der Waals surface area contributed by atoms with E-state index in [1.807, 2.05) is 23.6 Å². The smallest absolute Gasteiger partial charge is 0.327 e. The summed E-state index contributed by atoms with van der Waals surface area (Å²) < 4.78 is 6.11. The lowest BCUT2D eigenvalue weighted by molar-refractivity contribution is -0.143. The summed E-state index contributed by atoms with van der Waals surface area (Å²) in [5.74, 6) is 0.251. The van der Waals surface area contributed by atoms with Gasteiger partial charge in [-0.2, -0.15) is 0 Å². The largest absolute Gasteiger partial charge is 0.468 e. The lowest BCUT2D eigenvalue weighted by Gasteiger charge is -2.17. The number of carbonyl (C=O) groups is 1. The van der Waals surface area contributed by atoms with Gasteiger partial charge in [0.05, 0.1) is 7.11 Å². The Morgan fingerprint density at radius 1 is 1.37 bits per heavy atom. The van der Waals surface area contributed by atoms with Gasteiger partial charge < -0.3 is 10.1 Å². The fraction of sp³-hybridized carbons (Fsp3) is 0.400. The third-order valence-corrected chi connectivity index (χ3v) is 3.97. The summed E-state index contributed by atoms with van der Waals surface area (Å²) in [4.78, 5) is 12.0. The summed E-state index contributed by atoms with van der Waals surface area (Å²) in [6, 6.07) is 7.74. The highest BCUT2D eigenvalue weighted by Gasteiger charge is 2.23. The lowest BCUT2D eigenvalue weighted by Crippen LogP contribution is -2.32. The van der Waals surface area contributed by atoms with E-state index in [0.717, 1.165) is 17.5 Å². The monoisotopic (exact) mass is 277 g/mol. The maximum atomic E-state index is 12.0. The van der Waals surface area contributed by atoms with Crippen LogP contribution in [-0.2, 0) is 9.53 Å². The fourth-order valence-electron chi connectivity index (χ4n) is 2.01. The Kier molecular flexibility index (Phi) is 4.56. The first-order valence-corrected chi connectivity index (χ1v) is 7.28. The molecule has 0 saturated carbocycles. The maximum absolute atomic E-state index is 12.0. The number of carbonyl (C=O) groups excluding carboxylic acids is 1. The topological polar surface area (TPSA) is 38.3 Å². The molecular formula is C15H19NO2S. The zero-order valence-corrected chi connectivity index (χ0v) is 12.3. The van der Waals surface area contributed by atoms with Gasteiger partial charge in [0.15, 0.2) is 0 Å². The van der Waals surface area contributed by atoms with E-state index < -0.39 is 0 Å². The zero-order chi connectivity index (χ0) is 13.8. The molecule has 102 valence electrons. The Morgan fingerprint density at radius 3 is 2.79 bits per heavy atom. The Labute approximate surface area is 117 Å². The summed E-state index contributed by atoms with van der Waals surface area (Å²) >= 11 is 1.66. The summed E-state index contributed by atoms with van der Waals surface area (Å²) in [6.07, 6.45) is 0. The molecular weight excluding hydrogens is 258 g/mol. The predicted molar refractivity (Wildman–Crippen MR) is 79.4 cm³/mol. The molecule has 0 amide bonds. The molecule has 1 unspecified atom stereocenters. The number of fused-ring (bicyclic) bond motifs is 1. The van der Waals surface area contributed by atoms with Crippen LogP contribution in [0.4, 0.5) is 0 Å². The Balaban J connectivity index is 2.34. The van der Waals surface area contributed by atoms with E-state index in [-0.39, 0.29) is 12.0 Å². The van der Waals surface area contributed by atoms with Crippen LogP contribution in [0.1, 0.15) is 25.5 Å². The minimum absolute atomic E-state index is 0.232. The van der Waals surface area contributed by atoms with E-state index in [1.165, 1.54) is 11.8 Å². The minimum atomic E-state index is -0.386. The molecule has 0 radical (unpaired) electrons.